The minimum Gasteiger partial charge on any atom is -0.396 e. The first kappa shape index (κ1) is 11.6. The molecule has 1 aromatic rings. The molecule has 0 aliphatic heterocycles. The number of nitrogens with one attached hydrogen (secondary N) is 1. The van der Waals surface area contributed by atoms with Gasteiger partial charge in [-0.15, -0.1) is 0 Å². The summed E-state index contributed by atoms with van der Waals surface area (Å²) in [6.07, 6.45) is 2.44. The van der Waals surface area contributed by atoms with Crippen LogP contribution in [0.4, 0.5) is 5.69 Å². The minimum atomic E-state index is -0.159. The first-order valence-corrected chi connectivity index (χ1v) is 5.18. The van der Waals surface area contributed by atoms with Crippen molar-refractivity contribution in [2.24, 2.45) is 0 Å². The number of amides is 1. The quantitative estimate of drug-likeness (QED) is 0.779. The summed E-state index contributed by atoms with van der Waals surface area (Å²) in [5, 5.41) is 6.87. The Morgan fingerprint density at radius 1 is 1.67 bits per heavy atom. The van der Waals surface area contributed by atoms with Gasteiger partial charge in [-0.3, -0.25) is 9.48 Å². The van der Waals surface area contributed by atoms with E-state index in [1.54, 1.807) is 4.68 Å². The Morgan fingerprint density at radius 2 is 2.33 bits per heavy atom. The van der Waals surface area contributed by atoms with Crippen LogP contribution in [-0.2, 0) is 6.54 Å². The van der Waals surface area contributed by atoms with Crippen LogP contribution < -0.4 is 11.1 Å². The Kier molecular flexibility index (Phi) is 3.71. The molecule has 1 heterocycles. The average molecular weight is 210 g/mol. The van der Waals surface area contributed by atoms with Crippen LogP contribution in [0.5, 0.6) is 0 Å². The van der Waals surface area contributed by atoms with Crippen LogP contribution >= 0.6 is 0 Å². The van der Waals surface area contributed by atoms with E-state index in [1.807, 2.05) is 20.8 Å². The van der Waals surface area contributed by atoms with Gasteiger partial charge in [-0.25, -0.2) is 0 Å². The fraction of sp³-hybridized carbons (Fsp3) is 0.600. The summed E-state index contributed by atoms with van der Waals surface area (Å²) < 4.78 is 1.65. The Labute approximate surface area is 89.6 Å². The van der Waals surface area contributed by atoms with E-state index in [-0.39, 0.29) is 11.9 Å². The summed E-state index contributed by atoms with van der Waals surface area (Å²) >= 11 is 0. The zero-order valence-electron chi connectivity index (χ0n) is 9.45. The first-order chi connectivity index (χ1) is 7.06. The van der Waals surface area contributed by atoms with Gasteiger partial charge in [-0.05, 0) is 20.3 Å². The van der Waals surface area contributed by atoms with Crippen molar-refractivity contribution < 1.29 is 4.79 Å². The molecule has 1 aromatic heterocycles. The molecule has 15 heavy (non-hydrogen) atoms. The van der Waals surface area contributed by atoms with Gasteiger partial charge in [0.2, 0.25) is 0 Å². The standard InChI is InChI=1S/C10H18N4O/c1-4-5-14-9(8(11)6-12-14)10(15)13-7(2)3/h6-7H,4-5,11H2,1-3H3,(H,13,15). The van der Waals surface area contributed by atoms with Crippen molar-refractivity contribution in [3.05, 3.63) is 11.9 Å². The average Bonchev–Trinajstić information content (AvgIpc) is 2.46. The molecule has 0 aliphatic carbocycles. The highest BCUT2D eigenvalue weighted by Gasteiger charge is 2.16. The fourth-order valence-electron chi connectivity index (χ4n) is 1.36. The summed E-state index contributed by atoms with van der Waals surface area (Å²) in [6.45, 7) is 6.56. The van der Waals surface area contributed by atoms with Crippen LogP contribution in [0.25, 0.3) is 0 Å². The molecule has 1 rings (SSSR count). The number of nitrogen functional groups attached to an aromatic ring is 1. The molecule has 0 unspecified atom stereocenters. The summed E-state index contributed by atoms with van der Waals surface area (Å²) in [6, 6.07) is 0.0990. The van der Waals surface area contributed by atoms with Crippen LogP contribution in [-0.4, -0.2) is 21.7 Å². The normalized spacial score (nSPS) is 10.7. The largest absolute Gasteiger partial charge is 0.396 e. The summed E-state index contributed by atoms with van der Waals surface area (Å²) in [7, 11) is 0. The Bertz CT molecular complexity index is 343. The lowest BCUT2D eigenvalue weighted by Crippen LogP contribution is -2.32. The Balaban J connectivity index is 2.90. The van der Waals surface area contributed by atoms with Crippen LogP contribution in [0.1, 0.15) is 37.7 Å². The van der Waals surface area contributed by atoms with Crippen molar-refractivity contribution in [3.8, 4) is 0 Å². The van der Waals surface area contributed by atoms with E-state index < -0.39 is 0 Å². The van der Waals surface area contributed by atoms with Crippen molar-refractivity contribution in [3.63, 3.8) is 0 Å². The summed E-state index contributed by atoms with van der Waals surface area (Å²) in [5.41, 5.74) is 6.60. The smallest absolute Gasteiger partial charge is 0.271 e. The zero-order chi connectivity index (χ0) is 11.4. The highest BCUT2D eigenvalue weighted by Crippen LogP contribution is 2.11. The van der Waals surface area contributed by atoms with Crippen molar-refractivity contribution in [2.45, 2.75) is 39.8 Å². The predicted molar refractivity (Wildman–Crippen MR) is 59.5 cm³/mol. The number of nitrogens with zero attached hydrogens (tertiary/aromatic N) is 2. The number of aryl methyl sites for hydroxylation is 1. The minimum absolute atomic E-state index is 0.0990. The Morgan fingerprint density at radius 3 is 2.87 bits per heavy atom. The second kappa shape index (κ2) is 4.82. The summed E-state index contributed by atoms with van der Waals surface area (Å²) in [4.78, 5) is 11.8. The molecule has 5 nitrogen and oxygen atoms in total. The lowest BCUT2D eigenvalue weighted by molar-refractivity contribution is 0.0933. The van der Waals surface area contributed by atoms with E-state index in [9.17, 15) is 4.79 Å². The third-order valence-corrected chi connectivity index (χ3v) is 1.94. The van der Waals surface area contributed by atoms with Gasteiger partial charge in [0.25, 0.3) is 5.91 Å². The number of carbonyl (C=O) groups excluding carboxylic acids is 1. The first-order valence-electron chi connectivity index (χ1n) is 5.18. The number of hydrogen-bond acceptors (Lipinski definition) is 3. The Hall–Kier alpha value is -1.52. The molecule has 3 N–H and O–H groups in total. The van der Waals surface area contributed by atoms with E-state index in [0.717, 1.165) is 6.42 Å². The number of nitrogens with two attached hydrogens (primary N) is 1. The number of rotatable bonds is 4. The van der Waals surface area contributed by atoms with Gasteiger partial charge in [0.1, 0.15) is 5.69 Å². The highest BCUT2D eigenvalue weighted by atomic mass is 16.2. The second-order valence-electron chi connectivity index (χ2n) is 3.80. The molecule has 0 spiro atoms. The van der Waals surface area contributed by atoms with Gasteiger partial charge in [-0.2, -0.15) is 5.10 Å². The molecule has 5 heteroatoms. The van der Waals surface area contributed by atoms with Gasteiger partial charge in [-0.1, -0.05) is 6.92 Å². The maximum absolute atomic E-state index is 11.8. The molecule has 0 saturated carbocycles. The topological polar surface area (TPSA) is 72.9 Å². The molecule has 0 aromatic carbocycles. The number of anilines is 1. The highest BCUT2D eigenvalue weighted by molar-refractivity contribution is 5.97. The molecular weight excluding hydrogens is 192 g/mol. The van der Waals surface area contributed by atoms with Gasteiger partial charge in [0, 0.05) is 12.6 Å². The third-order valence-electron chi connectivity index (χ3n) is 1.94. The lowest BCUT2D eigenvalue weighted by atomic mass is 10.3. The molecule has 0 radical (unpaired) electrons. The molecule has 1 amide bonds. The van der Waals surface area contributed by atoms with E-state index in [1.165, 1.54) is 6.20 Å². The monoisotopic (exact) mass is 210 g/mol. The molecule has 84 valence electrons. The van der Waals surface area contributed by atoms with Crippen LogP contribution in [0.2, 0.25) is 0 Å². The molecule has 0 saturated heterocycles. The molecule has 0 bridgehead atoms. The number of aromatic nitrogens is 2. The molecule has 0 fully saturated rings. The van der Waals surface area contributed by atoms with Gasteiger partial charge in [0.05, 0.1) is 11.9 Å². The number of carbonyl (C=O) groups is 1. The maximum Gasteiger partial charge on any atom is 0.271 e. The lowest BCUT2D eigenvalue weighted by Gasteiger charge is -2.10. The van der Waals surface area contributed by atoms with Crippen LogP contribution in [0.15, 0.2) is 6.20 Å². The van der Waals surface area contributed by atoms with E-state index in [4.69, 9.17) is 5.73 Å². The van der Waals surface area contributed by atoms with Crippen molar-refractivity contribution in [1.29, 1.82) is 0 Å². The SMILES string of the molecule is CCCn1ncc(N)c1C(=O)NC(C)C. The molecule has 0 atom stereocenters. The zero-order valence-corrected chi connectivity index (χ0v) is 9.45. The second-order valence-corrected chi connectivity index (χ2v) is 3.80. The van der Waals surface area contributed by atoms with Gasteiger partial charge in [0.15, 0.2) is 0 Å². The van der Waals surface area contributed by atoms with Crippen LogP contribution in [0, 0.1) is 0 Å². The van der Waals surface area contributed by atoms with E-state index in [2.05, 4.69) is 10.4 Å². The predicted octanol–water partition coefficient (Wildman–Crippen LogP) is 1.01. The van der Waals surface area contributed by atoms with E-state index in [0.29, 0.717) is 17.9 Å². The maximum atomic E-state index is 11.8. The number of hydrogen-bond donors (Lipinski definition) is 2. The molecule has 0 aliphatic rings. The third kappa shape index (κ3) is 2.71. The van der Waals surface area contributed by atoms with E-state index >= 15 is 0 Å². The molecular formula is C10H18N4O. The summed E-state index contributed by atoms with van der Waals surface area (Å²) in [5.74, 6) is -0.159. The van der Waals surface area contributed by atoms with Crippen molar-refractivity contribution in [1.82, 2.24) is 15.1 Å². The van der Waals surface area contributed by atoms with Crippen molar-refractivity contribution >= 4 is 11.6 Å². The van der Waals surface area contributed by atoms with Gasteiger partial charge >= 0.3 is 0 Å². The van der Waals surface area contributed by atoms with Crippen molar-refractivity contribution in [2.75, 3.05) is 5.73 Å². The van der Waals surface area contributed by atoms with Gasteiger partial charge < -0.3 is 11.1 Å². The van der Waals surface area contributed by atoms with Crippen LogP contribution in [0.3, 0.4) is 0 Å². The fourth-order valence-corrected chi connectivity index (χ4v) is 1.36.